The molecule has 0 saturated heterocycles. The second kappa shape index (κ2) is 6.32. The first-order chi connectivity index (χ1) is 10.3. The van der Waals surface area contributed by atoms with Crippen LogP contribution < -0.4 is 4.74 Å². The Bertz CT molecular complexity index is 669. The van der Waals surface area contributed by atoms with E-state index in [1.165, 1.54) is 6.33 Å². The van der Waals surface area contributed by atoms with Crippen LogP contribution in [0.25, 0.3) is 11.1 Å². The first kappa shape index (κ1) is 16.2. The molecule has 2 rings (SSSR count). The molecule has 0 aliphatic carbocycles. The number of carbonyl (C=O) groups is 1. The molecule has 1 N–H and O–H groups in total. The molecule has 1 aromatic heterocycles. The van der Waals surface area contributed by atoms with Crippen LogP contribution in [-0.4, -0.2) is 27.1 Å². The van der Waals surface area contributed by atoms with Crippen LogP contribution >= 0.6 is 11.6 Å². The van der Waals surface area contributed by atoms with E-state index in [0.29, 0.717) is 21.9 Å². The Morgan fingerprint density at radius 1 is 1.27 bits per heavy atom. The van der Waals surface area contributed by atoms with Crippen molar-refractivity contribution in [2.75, 3.05) is 0 Å². The topological polar surface area (TPSA) is 72.3 Å². The molecule has 0 spiro atoms. The highest BCUT2D eigenvalue weighted by molar-refractivity contribution is 6.31. The van der Waals surface area contributed by atoms with E-state index in [0.717, 1.165) is 0 Å². The molecule has 116 valence electrons. The highest BCUT2D eigenvalue weighted by Gasteiger charge is 2.34. The molecular weight excluding hydrogens is 304 g/mol. The van der Waals surface area contributed by atoms with Crippen molar-refractivity contribution in [1.29, 1.82) is 0 Å². The Hall–Kier alpha value is -2.14. The normalized spacial score (nSPS) is 12.7. The molecule has 22 heavy (non-hydrogen) atoms. The maximum atomic E-state index is 11.5. The summed E-state index contributed by atoms with van der Waals surface area (Å²) in [4.78, 5) is 19.4. The molecule has 2 aromatic rings. The van der Waals surface area contributed by atoms with Gasteiger partial charge in [-0.2, -0.15) is 0 Å². The van der Waals surface area contributed by atoms with E-state index in [-0.39, 0.29) is 0 Å². The highest BCUT2D eigenvalue weighted by Crippen LogP contribution is 2.35. The average Bonchev–Trinajstić information content (AvgIpc) is 2.45. The van der Waals surface area contributed by atoms with Crippen LogP contribution in [0, 0.1) is 5.41 Å². The summed E-state index contributed by atoms with van der Waals surface area (Å²) in [5.41, 5.74) is 0.803. The molecule has 0 radical (unpaired) electrons. The van der Waals surface area contributed by atoms with E-state index in [4.69, 9.17) is 16.3 Å². The van der Waals surface area contributed by atoms with Gasteiger partial charge in [-0.15, -0.1) is 0 Å². The van der Waals surface area contributed by atoms with Crippen LogP contribution in [0.1, 0.15) is 20.8 Å². The van der Waals surface area contributed by atoms with Crippen LogP contribution in [0.2, 0.25) is 5.02 Å². The van der Waals surface area contributed by atoms with Gasteiger partial charge in [-0.3, -0.25) is 0 Å². The van der Waals surface area contributed by atoms with Crippen LogP contribution in [0.3, 0.4) is 0 Å². The van der Waals surface area contributed by atoms with Gasteiger partial charge in [0, 0.05) is 34.0 Å². The molecule has 0 saturated carbocycles. The van der Waals surface area contributed by atoms with E-state index in [9.17, 15) is 9.90 Å². The summed E-state index contributed by atoms with van der Waals surface area (Å²) in [7, 11) is 0. The maximum Gasteiger partial charge on any atom is 0.345 e. The van der Waals surface area contributed by atoms with Crippen molar-refractivity contribution < 1.29 is 14.6 Å². The molecule has 1 atom stereocenters. The van der Waals surface area contributed by atoms with Crippen LogP contribution in [0.15, 0.2) is 36.9 Å². The third-order valence-electron chi connectivity index (χ3n) is 3.07. The minimum atomic E-state index is -1.02. The van der Waals surface area contributed by atoms with Crippen molar-refractivity contribution in [3.63, 3.8) is 0 Å². The summed E-state index contributed by atoms with van der Waals surface area (Å²) in [6.07, 6.45) is 3.68. The van der Waals surface area contributed by atoms with E-state index in [2.05, 4.69) is 9.97 Å². The average molecular weight is 321 g/mol. The third-order valence-corrected chi connectivity index (χ3v) is 3.30. The highest BCUT2D eigenvalue weighted by atomic mass is 35.5. The number of nitrogens with zero attached hydrogens (tertiary/aromatic N) is 2. The number of carboxylic acids is 1. The van der Waals surface area contributed by atoms with Crippen molar-refractivity contribution in [2.24, 2.45) is 5.41 Å². The first-order valence-corrected chi connectivity index (χ1v) is 7.11. The van der Waals surface area contributed by atoms with Crippen molar-refractivity contribution in [3.05, 3.63) is 41.9 Å². The summed E-state index contributed by atoms with van der Waals surface area (Å²) >= 11 is 6.04. The fourth-order valence-electron chi connectivity index (χ4n) is 1.99. The fraction of sp³-hybridized carbons (Fsp3) is 0.312. The summed E-state index contributed by atoms with van der Waals surface area (Å²) in [5.74, 6) is -0.584. The fourth-order valence-corrected chi connectivity index (χ4v) is 2.17. The number of hydrogen-bond donors (Lipinski definition) is 1. The van der Waals surface area contributed by atoms with Crippen LogP contribution in [-0.2, 0) is 4.79 Å². The number of rotatable bonds is 4. The third kappa shape index (κ3) is 3.74. The summed E-state index contributed by atoms with van der Waals surface area (Å²) in [6, 6.07) is 5.02. The van der Waals surface area contributed by atoms with Gasteiger partial charge in [0.05, 0.1) is 0 Å². The number of aromatic nitrogens is 2. The lowest BCUT2D eigenvalue weighted by Crippen LogP contribution is -2.39. The van der Waals surface area contributed by atoms with Gasteiger partial charge >= 0.3 is 5.97 Å². The standard InChI is InChI=1S/C16H17ClN2O3/c1-16(2,3)14(15(20)21)22-13-5-4-11(17)6-12(13)10-7-18-9-19-8-10/h4-9,14H,1-3H3,(H,20,21). The molecule has 6 heteroatoms. The molecule has 0 bridgehead atoms. The number of hydrogen-bond acceptors (Lipinski definition) is 4. The SMILES string of the molecule is CC(C)(C)C(Oc1ccc(Cl)cc1-c1cncnc1)C(=O)O. The smallest absolute Gasteiger partial charge is 0.345 e. The molecule has 0 amide bonds. The summed E-state index contributed by atoms with van der Waals surface area (Å²) in [5, 5.41) is 9.93. The van der Waals surface area contributed by atoms with E-state index in [1.807, 2.05) is 20.8 Å². The van der Waals surface area contributed by atoms with Gasteiger partial charge in [-0.25, -0.2) is 14.8 Å². The molecule has 0 fully saturated rings. The lowest BCUT2D eigenvalue weighted by molar-refractivity contribution is -0.150. The van der Waals surface area contributed by atoms with E-state index < -0.39 is 17.5 Å². The molecule has 1 aromatic carbocycles. The van der Waals surface area contributed by atoms with Gasteiger partial charge in [0.15, 0.2) is 6.10 Å². The molecule has 1 unspecified atom stereocenters. The minimum Gasteiger partial charge on any atom is -0.478 e. The van der Waals surface area contributed by atoms with Crippen molar-refractivity contribution >= 4 is 17.6 Å². The Balaban J connectivity index is 2.46. The number of ether oxygens (including phenoxy) is 1. The second-order valence-corrected chi connectivity index (χ2v) is 6.41. The number of aliphatic carboxylic acids is 1. The van der Waals surface area contributed by atoms with E-state index in [1.54, 1.807) is 30.6 Å². The van der Waals surface area contributed by atoms with Gasteiger partial charge in [-0.1, -0.05) is 32.4 Å². The van der Waals surface area contributed by atoms with Crippen LogP contribution in [0.5, 0.6) is 5.75 Å². The van der Waals surface area contributed by atoms with Gasteiger partial charge in [0.2, 0.25) is 0 Å². The Morgan fingerprint density at radius 3 is 2.45 bits per heavy atom. The van der Waals surface area contributed by atoms with Crippen LogP contribution in [0.4, 0.5) is 0 Å². The van der Waals surface area contributed by atoms with Gasteiger partial charge in [0.1, 0.15) is 12.1 Å². The largest absolute Gasteiger partial charge is 0.478 e. The van der Waals surface area contributed by atoms with E-state index >= 15 is 0 Å². The van der Waals surface area contributed by atoms with Gasteiger partial charge in [-0.05, 0) is 18.2 Å². The number of carboxylic acid groups (broad SMARTS) is 1. The predicted octanol–water partition coefficient (Wildman–Crippen LogP) is 3.68. The number of halogens is 1. The Labute approximate surface area is 133 Å². The Morgan fingerprint density at radius 2 is 1.91 bits per heavy atom. The Kier molecular flexibility index (Phi) is 4.66. The predicted molar refractivity (Wildman–Crippen MR) is 84.0 cm³/mol. The molecular formula is C16H17ClN2O3. The molecule has 5 nitrogen and oxygen atoms in total. The molecule has 0 aliphatic heterocycles. The van der Waals surface area contributed by atoms with Crippen molar-refractivity contribution in [1.82, 2.24) is 9.97 Å². The number of benzene rings is 1. The van der Waals surface area contributed by atoms with Gasteiger partial charge in [0.25, 0.3) is 0 Å². The second-order valence-electron chi connectivity index (χ2n) is 5.97. The minimum absolute atomic E-state index is 0.432. The first-order valence-electron chi connectivity index (χ1n) is 6.73. The monoisotopic (exact) mass is 320 g/mol. The zero-order valence-corrected chi connectivity index (χ0v) is 13.3. The zero-order valence-electron chi connectivity index (χ0n) is 12.6. The maximum absolute atomic E-state index is 11.5. The van der Waals surface area contributed by atoms with Gasteiger partial charge < -0.3 is 9.84 Å². The summed E-state index contributed by atoms with van der Waals surface area (Å²) < 4.78 is 5.77. The quantitative estimate of drug-likeness (QED) is 0.930. The molecule has 0 aliphatic rings. The zero-order chi connectivity index (χ0) is 16.3. The lowest BCUT2D eigenvalue weighted by Gasteiger charge is -2.28. The summed E-state index contributed by atoms with van der Waals surface area (Å²) in [6.45, 7) is 5.44. The van der Waals surface area contributed by atoms with Crippen molar-refractivity contribution in [2.45, 2.75) is 26.9 Å². The lowest BCUT2D eigenvalue weighted by atomic mass is 9.89. The molecule has 1 heterocycles. The van der Waals surface area contributed by atoms with Crippen molar-refractivity contribution in [3.8, 4) is 16.9 Å².